The van der Waals surface area contributed by atoms with E-state index in [9.17, 15) is 22.8 Å². The van der Waals surface area contributed by atoms with Crippen LogP contribution in [0.1, 0.15) is 48.2 Å². The van der Waals surface area contributed by atoms with Crippen molar-refractivity contribution in [2.75, 3.05) is 25.5 Å². The third-order valence-electron chi connectivity index (χ3n) is 6.07. The van der Waals surface area contributed by atoms with Gasteiger partial charge in [0, 0.05) is 57.8 Å². The van der Waals surface area contributed by atoms with E-state index in [1.807, 2.05) is 0 Å². The number of hydrogen-bond donors (Lipinski definition) is 2. The van der Waals surface area contributed by atoms with Crippen molar-refractivity contribution in [1.82, 2.24) is 19.4 Å². The number of carbonyl (C=O) groups excluding carboxylic acids is 1. The van der Waals surface area contributed by atoms with E-state index in [-0.39, 0.29) is 29.5 Å². The van der Waals surface area contributed by atoms with Crippen LogP contribution < -0.4 is 10.9 Å². The summed E-state index contributed by atoms with van der Waals surface area (Å²) in [5, 5.41) is 10.6. The van der Waals surface area contributed by atoms with Crippen molar-refractivity contribution in [1.29, 1.82) is 0 Å². The molecule has 11 heteroatoms. The minimum atomic E-state index is -2.91. The Morgan fingerprint density at radius 2 is 2.00 bits per heavy atom. The third kappa shape index (κ3) is 5.29. The van der Waals surface area contributed by atoms with Gasteiger partial charge in [-0.25, -0.2) is 23.1 Å². The second kappa shape index (κ2) is 10.9. The number of amides is 1. The van der Waals surface area contributed by atoms with Gasteiger partial charge in [0.1, 0.15) is 23.1 Å². The van der Waals surface area contributed by atoms with Crippen LogP contribution in [0.15, 0.2) is 29.1 Å². The molecule has 3 heterocycles. The van der Waals surface area contributed by atoms with Crippen molar-refractivity contribution in [2.24, 2.45) is 7.05 Å². The molecule has 1 atom stereocenters. The van der Waals surface area contributed by atoms with Gasteiger partial charge in [-0.1, -0.05) is 18.2 Å². The van der Waals surface area contributed by atoms with Crippen molar-refractivity contribution in [3.63, 3.8) is 0 Å². The molecule has 1 saturated heterocycles. The maximum atomic E-state index is 14.5. The Kier molecular flexibility index (Phi) is 8.11. The SMILES string of the molecule is CC(=O)N1CCC(c2cc3c(NCc4cccc(C(F)F)c4F)nc(C)nc3n(C)c2=O)C1.CO. The quantitative estimate of drug-likeness (QED) is 0.568. The standard InChI is InChI=1S/C23H24F3N5O2.CH4O/c1-12-28-21(27-10-14-5-4-6-16(19(14)24)20(25)26)18-9-17(23(33)30(3)22(18)29-12)15-7-8-31(11-15)13(2)32;1-2/h4-6,9,15,20H,7-8,10-11H2,1-3H3,(H,27,28,29);2H,1H3. The van der Waals surface area contributed by atoms with Crippen LogP contribution in [0.2, 0.25) is 0 Å². The first-order valence-corrected chi connectivity index (χ1v) is 11.0. The molecule has 0 aliphatic carbocycles. The van der Waals surface area contributed by atoms with Crippen LogP contribution in [0.25, 0.3) is 11.0 Å². The number of rotatable bonds is 5. The summed E-state index contributed by atoms with van der Waals surface area (Å²) in [5.41, 5.74) is 0.184. The smallest absolute Gasteiger partial charge is 0.266 e. The first kappa shape index (κ1) is 26.1. The monoisotopic (exact) mass is 491 g/mol. The van der Waals surface area contributed by atoms with Crippen LogP contribution in [0.4, 0.5) is 19.0 Å². The fourth-order valence-electron chi connectivity index (χ4n) is 4.27. The number of hydrogen-bond acceptors (Lipinski definition) is 6. The second-order valence-corrected chi connectivity index (χ2v) is 8.25. The van der Waals surface area contributed by atoms with Gasteiger partial charge >= 0.3 is 0 Å². The number of nitrogens with one attached hydrogen (secondary N) is 1. The van der Waals surface area contributed by atoms with Gasteiger partial charge in [-0.15, -0.1) is 0 Å². The van der Waals surface area contributed by atoms with Crippen LogP contribution in [0.5, 0.6) is 0 Å². The van der Waals surface area contributed by atoms with Gasteiger partial charge in [-0.2, -0.15) is 0 Å². The molecule has 8 nitrogen and oxygen atoms in total. The Hall–Kier alpha value is -3.47. The minimum absolute atomic E-state index is 0.0375. The average molecular weight is 492 g/mol. The number of benzene rings is 1. The lowest BCUT2D eigenvalue weighted by atomic mass is 9.98. The number of likely N-dealkylation sites (tertiary alicyclic amines) is 1. The zero-order valence-corrected chi connectivity index (χ0v) is 20.0. The zero-order valence-electron chi connectivity index (χ0n) is 20.0. The van der Waals surface area contributed by atoms with E-state index < -0.39 is 17.8 Å². The molecular weight excluding hydrogens is 463 g/mol. The Bertz CT molecular complexity index is 1300. The van der Waals surface area contributed by atoms with E-state index in [1.54, 1.807) is 24.9 Å². The molecule has 1 amide bonds. The van der Waals surface area contributed by atoms with E-state index in [1.165, 1.54) is 23.6 Å². The van der Waals surface area contributed by atoms with E-state index in [0.29, 0.717) is 47.7 Å². The summed E-state index contributed by atoms with van der Waals surface area (Å²) in [6, 6.07) is 5.59. The molecule has 35 heavy (non-hydrogen) atoms. The number of fused-ring (bicyclic) bond motifs is 1. The van der Waals surface area contributed by atoms with Crippen LogP contribution in [0, 0.1) is 12.7 Å². The van der Waals surface area contributed by atoms with E-state index in [4.69, 9.17) is 5.11 Å². The van der Waals surface area contributed by atoms with Gasteiger partial charge in [-0.3, -0.25) is 14.2 Å². The number of nitrogens with zero attached hydrogens (tertiary/aromatic N) is 4. The number of pyridine rings is 1. The number of alkyl halides is 2. The van der Waals surface area contributed by atoms with Crippen LogP contribution in [0.3, 0.4) is 0 Å². The molecule has 1 aliphatic rings. The van der Waals surface area contributed by atoms with Crippen molar-refractivity contribution in [2.45, 2.75) is 39.2 Å². The van der Waals surface area contributed by atoms with Gasteiger partial charge in [0.2, 0.25) is 5.91 Å². The minimum Gasteiger partial charge on any atom is -0.400 e. The molecule has 0 bridgehead atoms. The van der Waals surface area contributed by atoms with Crippen molar-refractivity contribution in [3.8, 4) is 0 Å². The highest BCUT2D eigenvalue weighted by Gasteiger charge is 2.28. The number of aliphatic hydroxyl groups is 1. The van der Waals surface area contributed by atoms with Gasteiger partial charge in [0.05, 0.1) is 10.9 Å². The highest BCUT2D eigenvalue weighted by Crippen LogP contribution is 2.29. The number of aryl methyl sites for hydroxylation is 2. The molecule has 2 aromatic heterocycles. The third-order valence-corrected chi connectivity index (χ3v) is 6.07. The van der Waals surface area contributed by atoms with Crippen LogP contribution in [-0.4, -0.2) is 50.6 Å². The second-order valence-electron chi connectivity index (χ2n) is 8.25. The predicted molar refractivity (Wildman–Crippen MR) is 126 cm³/mol. The highest BCUT2D eigenvalue weighted by molar-refractivity contribution is 5.87. The maximum Gasteiger partial charge on any atom is 0.266 e. The fraction of sp³-hybridized carbons (Fsp3) is 0.417. The maximum absolute atomic E-state index is 14.5. The van der Waals surface area contributed by atoms with E-state index >= 15 is 0 Å². The molecular formula is C24H28F3N5O3. The molecule has 1 aromatic carbocycles. The highest BCUT2D eigenvalue weighted by atomic mass is 19.3. The number of aromatic nitrogens is 3. The van der Waals surface area contributed by atoms with Gasteiger partial charge < -0.3 is 15.3 Å². The Balaban J connectivity index is 0.00000167. The van der Waals surface area contributed by atoms with Crippen molar-refractivity contribution < 1.29 is 23.1 Å². The Morgan fingerprint density at radius 1 is 1.29 bits per heavy atom. The predicted octanol–water partition coefficient (Wildman–Crippen LogP) is 3.27. The number of carbonyl (C=O) groups is 1. The van der Waals surface area contributed by atoms with Crippen LogP contribution >= 0.6 is 0 Å². The Morgan fingerprint density at radius 3 is 2.63 bits per heavy atom. The lowest BCUT2D eigenvalue weighted by Gasteiger charge is -2.17. The largest absolute Gasteiger partial charge is 0.400 e. The summed E-state index contributed by atoms with van der Waals surface area (Å²) in [4.78, 5) is 35.3. The average Bonchev–Trinajstić information content (AvgIpc) is 3.32. The van der Waals surface area contributed by atoms with Gasteiger partial charge in [-0.05, 0) is 19.4 Å². The normalized spacial score (nSPS) is 15.3. The summed E-state index contributed by atoms with van der Waals surface area (Å²) in [6.45, 7) is 4.13. The lowest BCUT2D eigenvalue weighted by molar-refractivity contribution is -0.127. The Labute approximate surface area is 200 Å². The van der Waals surface area contributed by atoms with Crippen molar-refractivity contribution in [3.05, 3.63) is 63.0 Å². The summed E-state index contributed by atoms with van der Waals surface area (Å²) in [5.74, 6) is -0.343. The summed E-state index contributed by atoms with van der Waals surface area (Å²) < 4.78 is 42.0. The number of aliphatic hydroxyl groups excluding tert-OH is 1. The lowest BCUT2D eigenvalue weighted by Crippen LogP contribution is -2.28. The summed E-state index contributed by atoms with van der Waals surface area (Å²) in [7, 11) is 2.62. The molecule has 4 rings (SSSR count). The molecule has 0 spiro atoms. The molecule has 1 fully saturated rings. The zero-order chi connectivity index (χ0) is 25.9. The van der Waals surface area contributed by atoms with Crippen LogP contribution in [-0.2, 0) is 18.4 Å². The molecule has 0 saturated carbocycles. The van der Waals surface area contributed by atoms with E-state index in [0.717, 1.165) is 13.2 Å². The van der Waals surface area contributed by atoms with E-state index in [2.05, 4.69) is 15.3 Å². The summed E-state index contributed by atoms with van der Waals surface area (Å²) >= 11 is 0. The molecule has 2 N–H and O–H groups in total. The molecule has 0 radical (unpaired) electrons. The molecule has 1 aliphatic heterocycles. The molecule has 1 unspecified atom stereocenters. The molecule has 3 aromatic rings. The topological polar surface area (TPSA) is 100 Å². The molecule has 188 valence electrons. The van der Waals surface area contributed by atoms with Gasteiger partial charge in [0.15, 0.2) is 0 Å². The first-order chi connectivity index (χ1) is 16.7. The first-order valence-electron chi connectivity index (χ1n) is 11.0. The summed E-state index contributed by atoms with van der Waals surface area (Å²) in [6.07, 6.45) is -2.24. The van der Waals surface area contributed by atoms with Gasteiger partial charge in [0.25, 0.3) is 12.0 Å². The van der Waals surface area contributed by atoms with Crippen molar-refractivity contribution >= 4 is 22.8 Å². The number of halogens is 3. The fourth-order valence-corrected chi connectivity index (χ4v) is 4.27. The number of anilines is 1.